The molecule has 3 aromatic rings. The van der Waals surface area contributed by atoms with E-state index in [0.29, 0.717) is 5.58 Å². The second-order valence-corrected chi connectivity index (χ2v) is 6.20. The highest BCUT2D eigenvalue weighted by Gasteiger charge is 2.08. The summed E-state index contributed by atoms with van der Waals surface area (Å²) in [5.74, 6) is 0.0743. The van der Waals surface area contributed by atoms with E-state index in [-0.39, 0.29) is 5.75 Å². The number of phenols is 1. The summed E-state index contributed by atoms with van der Waals surface area (Å²) in [6.45, 7) is 0. The highest BCUT2D eigenvalue weighted by atomic mass is 79.9. The third kappa shape index (κ3) is 2.73. The van der Waals surface area contributed by atoms with Gasteiger partial charge in [0.15, 0.2) is 0 Å². The Kier molecular flexibility index (Phi) is 3.54. The third-order valence-electron chi connectivity index (χ3n) is 2.71. The lowest BCUT2D eigenvalue weighted by Gasteiger charge is -2.05. The summed E-state index contributed by atoms with van der Waals surface area (Å²) in [5.41, 5.74) is -0.0457. The number of phenolic OH excluding ortho intramolecular Hbond substituents is 1. The van der Waals surface area contributed by atoms with E-state index in [4.69, 9.17) is 4.42 Å². The standard InChI is InChI=1S/C15H9BrO3S/c16-9-2-1-3-11(6-9)20-14-8-15(18)19-13-7-10(17)4-5-12(13)14/h1-8,17H. The van der Waals surface area contributed by atoms with Gasteiger partial charge >= 0.3 is 5.63 Å². The van der Waals surface area contributed by atoms with E-state index in [9.17, 15) is 9.90 Å². The summed E-state index contributed by atoms with van der Waals surface area (Å²) in [6, 6.07) is 14.1. The van der Waals surface area contributed by atoms with Crippen LogP contribution in [0.5, 0.6) is 5.75 Å². The third-order valence-corrected chi connectivity index (χ3v) is 4.25. The Morgan fingerprint density at radius 2 is 1.95 bits per heavy atom. The Labute approximate surface area is 127 Å². The molecule has 0 saturated heterocycles. The van der Waals surface area contributed by atoms with Crippen LogP contribution in [-0.2, 0) is 0 Å². The lowest BCUT2D eigenvalue weighted by atomic mass is 10.2. The van der Waals surface area contributed by atoms with Gasteiger partial charge < -0.3 is 9.52 Å². The zero-order valence-corrected chi connectivity index (χ0v) is 12.6. The molecule has 3 nitrogen and oxygen atoms in total. The van der Waals surface area contributed by atoms with Gasteiger partial charge in [0.05, 0.1) is 0 Å². The molecule has 0 fully saturated rings. The average molecular weight is 349 g/mol. The number of benzene rings is 2. The molecule has 1 N–H and O–H groups in total. The van der Waals surface area contributed by atoms with Gasteiger partial charge in [-0.05, 0) is 30.3 Å². The first-order valence-electron chi connectivity index (χ1n) is 5.82. The molecule has 0 unspecified atom stereocenters. The molecule has 2 aromatic carbocycles. The molecule has 20 heavy (non-hydrogen) atoms. The van der Waals surface area contributed by atoms with Crippen LogP contribution in [-0.4, -0.2) is 5.11 Å². The van der Waals surface area contributed by atoms with E-state index in [1.165, 1.54) is 23.9 Å². The van der Waals surface area contributed by atoms with Gasteiger partial charge in [-0.3, -0.25) is 0 Å². The summed E-state index contributed by atoms with van der Waals surface area (Å²) < 4.78 is 6.09. The SMILES string of the molecule is O=c1cc(Sc2cccc(Br)c2)c2ccc(O)cc2o1. The molecule has 0 aliphatic heterocycles. The van der Waals surface area contributed by atoms with E-state index < -0.39 is 5.63 Å². The van der Waals surface area contributed by atoms with Crippen LogP contribution < -0.4 is 5.63 Å². The predicted molar refractivity (Wildman–Crippen MR) is 82.4 cm³/mol. The fourth-order valence-electron chi connectivity index (χ4n) is 1.86. The fourth-order valence-corrected chi connectivity index (χ4v) is 3.43. The summed E-state index contributed by atoms with van der Waals surface area (Å²) in [4.78, 5) is 13.4. The van der Waals surface area contributed by atoms with Crippen molar-refractivity contribution >= 4 is 38.7 Å². The van der Waals surface area contributed by atoms with Gasteiger partial charge in [-0.25, -0.2) is 4.79 Å². The van der Waals surface area contributed by atoms with Gasteiger partial charge in [0, 0.05) is 31.8 Å². The topological polar surface area (TPSA) is 50.4 Å². The first-order chi connectivity index (χ1) is 9.61. The highest BCUT2D eigenvalue weighted by molar-refractivity contribution is 9.10. The second kappa shape index (κ2) is 5.34. The van der Waals surface area contributed by atoms with Crippen molar-refractivity contribution in [3.05, 3.63) is 63.4 Å². The molecule has 0 amide bonds. The lowest BCUT2D eigenvalue weighted by Crippen LogP contribution is -1.97. The zero-order chi connectivity index (χ0) is 14.1. The van der Waals surface area contributed by atoms with Crippen molar-refractivity contribution in [2.75, 3.05) is 0 Å². The van der Waals surface area contributed by atoms with Crippen molar-refractivity contribution in [2.45, 2.75) is 9.79 Å². The van der Waals surface area contributed by atoms with Gasteiger partial charge in [0.1, 0.15) is 11.3 Å². The molecule has 0 aliphatic carbocycles. The molecule has 0 saturated carbocycles. The predicted octanol–water partition coefficient (Wildman–Crippen LogP) is 4.41. The molecule has 0 atom stereocenters. The fraction of sp³-hybridized carbons (Fsp3) is 0. The molecular formula is C15H9BrO3S. The molecular weight excluding hydrogens is 340 g/mol. The van der Waals surface area contributed by atoms with Crippen molar-refractivity contribution < 1.29 is 9.52 Å². The van der Waals surface area contributed by atoms with Crippen molar-refractivity contribution in [1.82, 2.24) is 0 Å². The summed E-state index contributed by atoms with van der Waals surface area (Å²) >= 11 is 4.90. The van der Waals surface area contributed by atoms with Gasteiger partial charge in [-0.15, -0.1) is 0 Å². The monoisotopic (exact) mass is 348 g/mol. The second-order valence-electron chi connectivity index (χ2n) is 4.17. The van der Waals surface area contributed by atoms with Gasteiger partial charge in [0.2, 0.25) is 0 Å². The lowest BCUT2D eigenvalue weighted by molar-refractivity contribution is 0.473. The number of hydrogen-bond donors (Lipinski definition) is 1. The first-order valence-corrected chi connectivity index (χ1v) is 7.43. The summed E-state index contributed by atoms with van der Waals surface area (Å²) in [6.07, 6.45) is 0. The first kappa shape index (κ1) is 13.3. The Hall–Kier alpha value is -1.72. The van der Waals surface area contributed by atoms with Crippen LogP contribution in [0.2, 0.25) is 0 Å². The summed E-state index contributed by atoms with van der Waals surface area (Å²) in [5, 5.41) is 10.3. The maximum absolute atomic E-state index is 11.6. The maximum Gasteiger partial charge on any atom is 0.337 e. The smallest absolute Gasteiger partial charge is 0.337 e. The van der Waals surface area contributed by atoms with Crippen molar-refractivity contribution in [3.63, 3.8) is 0 Å². The van der Waals surface area contributed by atoms with Crippen molar-refractivity contribution in [3.8, 4) is 5.75 Å². The average Bonchev–Trinajstić information content (AvgIpc) is 2.37. The summed E-state index contributed by atoms with van der Waals surface area (Å²) in [7, 11) is 0. The molecule has 0 bridgehead atoms. The molecule has 1 heterocycles. The molecule has 0 radical (unpaired) electrons. The van der Waals surface area contributed by atoms with E-state index in [1.807, 2.05) is 24.3 Å². The van der Waals surface area contributed by atoms with Crippen LogP contribution in [0.15, 0.2) is 72.0 Å². The van der Waals surface area contributed by atoms with E-state index >= 15 is 0 Å². The van der Waals surface area contributed by atoms with E-state index in [0.717, 1.165) is 19.6 Å². The Morgan fingerprint density at radius 1 is 1.10 bits per heavy atom. The van der Waals surface area contributed by atoms with Crippen molar-refractivity contribution in [1.29, 1.82) is 0 Å². The van der Waals surface area contributed by atoms with Gasteiger partial charge in [0.25, 0.3) is 0 Å². The van der Waals surface area contributed by atoms with Crippen LogP contribution in [0.25, 0.3) is 11.0 Å². The Morgan fingerprint density at radius 3 is 2.75 bits per heavy atom. The quantitative estimate of drug-likeness (QED) is 0.696. The van der Waals surface area contributed by atoms with Crippen LogP contribution in [0.3, 0.4) is 0 Å². The maximum atomic E-state index is 11.6. The van der Waals surface area contributed by atoms with Crippen molar-refractivity contribution in [2.24, 2.45) is 0 Å². The molecule has 0 aliphatic rings. The zero-order valence-electron chi connectivity index (χ0n) is 10.2. The minimum atomic E-state index is -0.430. The normalized spacial score (nSPS) is 10.8. The van der Waals surface area contributed by atoms with Gasteiger partial charge in [-0.2, -0.15) is 0 Å². The van der Waals surface area contributed by atoms with Crippen LogP contribution >= 0.6 is 27.7 Å². The number of halogens is 1. The molecule has 100 valence electrons. The van der Waals surface area contributed by atoms with Crippen LogP contribution in [0, 0.1) is 0 Å². The minimum Gasteiger partial charge on any atom is -0.508 e. The molecule has 5 heteroatoms. The number of aromatic hydroxyl groups is 1. The number of hydrogen-bond acceptors (Lipinski definition) is 4. The largest absolute Gasteiger partial charge is 0.508 e. The van der Waals surface area contributed by atoms with E-state index in [2.05, 4.69) is 15.9 Å². The van der Waals surface area contributed by atoms with E-state index in [1.54, 1.807) is 12.1 Å². The molecule has 1 aromatic heterocycles. The number of fused-ring (bicyclic) bond motifs is 1. The molecule has 0 spiro atoms. The highest BCUT2D eigenvalue weighted by Crippen LogP contribution is 2.34. The Bertz CT molecular complexity index is 842. The Balaban J connectivity index is 2.13. The number of rotatable bonds is 2. The van der Waals surface area contributed by atoms with Gasteiger partial charge in [-0.1, -0.05) is 33.8 Å². The minimum absolute atomic E-state index is 0.0743. The van der Waals surface area contributed by atoms with Crippen LogP contribution in [0.1, 0.15) is 0 Å². The molecule has 3 rings (SSSR count). The van der Waals surface area contributed by atoms with Crippen LogP contribution in [0.4, 0.5) is 0 Å².